The van der Waals surface area contributed by atoms with Gasteiger partial charge in [0.2, 0.25) is 0 Å². The van der Waals surface area contributed by atoms with E-state index in [1.165, 1.54) is 11.3 Å². The number of amides is 2. The van der Waals surface area contributed by atoms with Crippen LogP contribution >= 0.6 is 0 Å². The van der Waals surface area contributed by atoms with Gasteiger partial charge >= 0.3 is 6.03 Å². The molecule has 3 rings (SSSR count). The Hall–Kier alpha value is -1.56. The number of ether oxygens (including phenoxy) is 1. The number of carbonyl (C=O) groups excluding carboxylic acids is 1. The molecule has 0 atom stereocenters. The Morgan fingerprint density at radius 1 is 1.42 bits per heavy atom. The van der Waals surface area contributed by atoms with Crippen LogP contribution in [0.1, 0.15) is 35.8 Å². The first-order chi connectivity index (χ1) is 9.16. The summed E-state index contributed by atoms with van der Waals surface area (Å²) in [6, 6.07) is 0.0974. The number of urea groups is 1. The maximum absolute atomic E-state index is 11.3. The lowest BCUT2D eigenvalue weighted by Gasteiger charge is -2.29. The van der Waals surface area contributed by atoms with Gasteiger partial charge in [0.05, 0.1) is 18.3 Å². The summed E-state index contributed by atoms with van der Waals surface area (Å²) in [7, 11) is 0. The Kier molecular flexibility index (Phi) is 3.18. The van der Waals surface area contributed by atoms with Gasteiger partial charge in [-0.3, -0.25) is 4.68 Å². The fraction of sp³-hybridized carbons (Fsp3) is 0.692. The predicted molar refractivity (Wildman–Crippen MR) is 69.8 cm³/mol. The average molecular weight is 264 g/mol. The van der Waals surface area contributed by atoms with E-state index < -0.39 is 0 Å². The van der Waals surface area contributed by atoms with E-state index in [1.807, 2.05) is 6.92 Å². The Labute approximate surface area is 112 Å². The first-order valence-electron chi connectivity index (χ1n) is 6.86. The highest BCUT2D eigenvalue weighted by Crippen LogP contribution is 2.28. The number of carbonyl (C=O) groups is 1. The molecule has 1 saturated heterocycles. The quantitative estimate of drug-likeness (QED) is 0.821. The van der Waals surface area contributed by atoms with E-state index in [2.05, 4.69) is 4.68 Å². The van der Waals surface area contributed by atoms with E-state index >= 15 is 0 Å². The molecule has 0 saturated carbocycles. The molecule has 19 heavy (non-hydrogen) atoms. The van der Waals surface area contributed by atoms with Crippen LogP contribution in [0.15, 0.2) is 0 Å². The molecule has 0 unspecified atom stereocenters. The Balaban J connectivity index is 1.89. The molecule has 0 aliphatic carbocycles. The number of primary amides is 1. The van der Waals surface area contributed by atoms with Gasteiger partial charge in [0.15, 0.2) is 0 Å². The summed E-state index contributed by atoms with van der Waals surface area (Å²) in [5.74, 6) is 0. The van der Waals surface area contributed by atoms with Crippen molar-refractivity contribution < 1.29 is 9.53 Å². The van der Waals surface area contributed by atoms with Crippen LogP contribution < -0.4 is 5.73 Å². The van der Waals surface area contributed by atoms with Crippen LogP contribution in [0, 0.1) is 6.92 Å². The van der Waals surface area contributed by atoms with Crippen molar-refractivity contribution in [2.75, 3.05) is 19.8 Å². The van der Waals surface area contributed by atoms with Gasteiger partial charge in [0.25, 0.3) is 0 Å². The molecule has 1 aromatic heterocycles. The van der Waals surface area contributed by atoms with Crippen LogP contribution in [-0.4, -0.2) is 40.5 Å². The number of nitrogens with zero attached hydrogens (tertiary/aromatic N) is 3. The molecule has 3 heterocycles. The number of fused-ring (bicyclic) bond motifs is 1. The van der Waals surface area contributed by atoms with Crippen molar-refractivity contribution in [2.24, 2.45) is 5.73 Å². The number of hydrogen-bond donors (Lipinski definition) is 1. The van der Waals surface area contributed by atoms with E-state index in [4.69, 9.17) is 15.6 Å². The summed E-state index contributed by atoms with van der Waals surface area (Å²) in [4.78, 5) is 13.0. The summed E-state index contributed by atoms with van der Waals surface area (Å²) in [5, 5.41) is 4.69. The molecule has 0 radical (unpaired) electrons. The van der Waals surface area contributed by atoms with Crippen molar-refractivity contribution >= 4 is 6.03 Å². The van der Waals surface area contributed by atoms with Crippen LogP contribution in [0.2, 0.25) is 0 Å². The molecule has 0 aromatic carbocycles. The summed E-state index contributed by atoms with van der Waals surface area (Å²) in [6.45, 7) is 4.92. The van der Waals surface area contributed by atoms with Crippen LogP contribution in [0.4, 0.5) is 4.79 Å². The molecule has 6 heteroatoms. The largest absolute Gasteiger partial charge is 0.381 e. The third-order valence-electron chi connectivity index (χ3n) is 4.14. The molecule has 0 spiro atoms. The summed E-state index contributed by atoms with van der Waals surface area (Å²) < 4.78 is 7.58. The fourth-order valence-corrected chi connectivity index (χ4v) is 3.03. The number of rotatable bonds is 1. The lowest BCUT2D eigenvalue weighted by molar-refractivity contribution is 0.0650. The van der Waals surface area contributed by atoms with Crippen LogP contribution in [0.25, 0.3) is 0 Å². The van der Waals surface area contributed by atoms with E-state index in [0.717, 1.165) is 38.2 Å². The minimum atomic E-state index is -0.344. The molecule has 104 valence electrons. The second kappa shape index (κ2) is 4.85. The van der Waals surface area contributed by atoms with E-state index in [9.17, 15) is 4.79 Å². The number of aryl methyl sites for hydroxylation is 1. The molecule has 1 fully saturated rings. The molecular weight excluding hydrogens is 244 g/mol. The molecule has 1 aromatic rings. The van der Waals surface area contributed by atoms with Crippen molar-refractivity contribution in [2.45, 2.75) is 38.8 Å². The molecule has 2 aliphatic heterocycles. The maximum atomic E-state index is 11.3. The van der Waals surface area contributed by atoms with Gasteiger partial charge in [0.1, 0.15) is 0 Å². The summed E-state index contributed by atoms with van der Waals surface area (Å²) in [5.41, 5.74) is 8.84. The lowest BCUT2D eigenvalue weighted by atomic mass is 10.0. The summed E-state index contributed by atoms with van der Waals surface area (Å²) in [6.07, 6.45) is 2.89. The highest BCUT2D eigenvalue weighted by Gasteiger charge is 2.28. The minimum absolute atomic E-state index is 0.344. The van der Waals surface area contributed by atoms with E-state index in [0.29, 0.717) is 19.1 Å². The zero-order chi connectivity index (χ0) is 13.4. The molecule has 2 N–H and O–H groups in total. The zero-order valence-corrected chi connectivity index (χ0v) is 11.3. The Morgan fingerprint density at radius 2 is 2.16 bits per heavy atom. The van der Waals surface area contributed by atoms with Gasteiger partial charge in [-0.2, -0.15) is 5.10 Å². The van der Waals surface area contributed by atoms with Gasteiger partial charge in [-0.1, -0.05) is 0 Å². The van der Waals surface area contributed by atoms with E-state index in [1.54, 1.807) is 4.90 Å². The topological polar surface area (TPSA) is 73.4 Å². The fourth-order valence-electron chi connectivity index (χ4n) is 3.03. The molecule has 2 aliphatic rings. The second-order valence-corrected chi connectivity index (χ2v) is 5.31. The smallest absolute Gasteiger partial charge is 0.315 e. The Morgan fingerprint density at radius 3 is 2.84 bits per heavy atom. The Bertz CT molecular complexity index is 491. The predicted octanol–water partition coefficient (Wildman–Crippen LogP) is 0.980. The highest BCUT2D eigenvalue weighted by molar-refractivity contribution is 5.72. The minimum Gasteiger partial charge on any atom is -0.381 e. The standard InChI is InChI=1S/C13H20N4O2/c1-9-11-8-16(13(14)18)5-2-12(11)17(15-9)10-3-6-19-7-4-10/h10H,2-8H2,1H3,(H2,14,18). The van der Waals surface area contributed by atoms with Crippen LogP contribution in [0.5, 0.6) is 0 Å². The average Bonchev–Trinajstić information content (AvgIpc) is 2.77. The van der Waals surface area contributed by atoms with E-state index in [-0.39, 0.29) is 6.03 Å². The molecule has 0 bridgehead atoms. The van der Waals surface area contributed by atoms with Crippen molar-refractivity contribution in [3.05, 3.63) is 17.0 Å². The lowest BCUT2D eigenvalue weighted by Crippen LogP contribution is -2.40. The van der Waals surface area contributed by atoms with Crippen molar-refractivity contribution in [3.63, 3.8) is 0 Å². The highest BCUT2D eigenvalue weighted by atomic mass is 16.5. The van der Waals surface area contributed by atoms with Crippen molar-refractivity contribution in [1.29, 1.82) is 0 Å². The van der Waals surface area contributed by atoms with Gasteiger partial charge in [-0.05, 0) is 19.8 Å². The van der Waals surface area contributed by atoms with Crippen molar-refractivity contribution in [3.8, 4) is 0 Å². The van der Waals surface area contributed by atoms with Crippen molar-refractivity contribution in [1.82, 2.24) is 14.7 Å². The molecule has 2 amide bonds. The number of nitrogens with two attached hydrogens (primary N) is 1. The van der Waals surface area contributed by atoms with Crippen LogP contribution in [-0.2, 0) is 17.7 Å². The summed E-state index contributed by atoms with van der Waals surface area (Å²) >= 11 is 0. The molecule has 6 nitrogen and oxygen atoms in total. The van der Waals surface area contributed by atoms with Gasteiger partial charge in [-0.25, -0.2) is 4.79 Å². The zero-order valence-electron chi connectivity index (χ0n) is 11.3. The van der Waals surface area contributed by atoms with Gasteiger partial charge in [0, 0.05) is 37.4 Å². The first kappa shape index (κ1) is 12.5. The third kappa shape index (κ3) is 2.20. The normalized spacial score (nSPS) is 20.4. The van der Waals surface area contributed by atoms with Gasteiger partial charge in [-0.15, -0.1) is 0 Å². The monoisotopic (exact) mass is 264 g/mol. The molecular formula is C13H20N4O2. The SMILES string of the molecule is Cc1nn(C2CCOCC2)c2c1CN(C(N)=O)CC2. The number of hydrogen-bond acceptors (Lipinski definition) is 3. The third-order valence-corrected chi connectivity index (χ3v) is 4.14. The van der Waals surface area contributed by atoms with Crippen LogP contribution in [0.3, 0.4) is 0 Å². The second-order valence-electron chi connectivity index (χ2n) is 5.31. The first-order valence-corrected chi connectivity index (χ1v) is 6.86. The maximum Gasteiger partial charge on any atom is 0.315 e. The number of aromatic nitrogens is 2. The van der Waals surface area contributed by atoms with Gasteiger partial charge < -0.3 is 15.4 Å².